The summed E-state index contributed by atoms with van der Waals surface area (Å²) in [7, 11) is 0. The van der Waals surface area contributed by atoms with E-state index in [2.05, 4.69) is 30.7 Å². The fourth-order valence-electron chi connectivity index (χ4n) is 1.94. The van der Waals surface area contributed by atoms with Crippen LogP contribution in [0.15, 0.2) is 12.1 Å². The number of rotatable bonds is 0. The van der Waals surface area contributed by atoms with E-state index >= 15 is 0 Å². The Bertz CT molecular complexity index is 567. The van der Waals surface area contributed by atoms with Crippen LogP contribution in [-0.4, -0.2) is 23.2 Å². The maximum absolute atomic E-state index is 5.66. The predicted molar refractivity (Wildman–Crippen MR) is 65.8 cm³/mol. The van der Waals surface area contributed by atoms with E-state index in [-0.39, 0.29) is 5.41 Å². The van der Waals surface area contributed by atoms with E-state index < -0.39 is 0 Å². The van der Waals surface area contributed by atoms with Gasteiger partial charge in [-0.3, -0.25) is 0 Å². The fraction of sp³-hybridized carbons (Fsp3) is 0.462. The highest BCUT2D eigenvalue weighted by molar-refractivity contribution is 5.85. The van der Waals surface area contributed by atoms with Gasteiger partial charge in [0.2, 0.25) is 0 Å². The Balaban J connectivity index is 2.22. The van der Waals surface area contributed by atoms with E-state index in [1.165, 1.54) is 0 Å². The van der Waals surface area contributed by atoms with Crippen LogP contribution in [0.25, 0.3) is 11.0 Å². The molecule has 1 aliphatic rings. The molecule has 0 fully saturated rings. The Morgan fingerprint density at radius 3 is 2.71 bits per heavy atom. The molecule has 1 aromatic heterocycles. The van der Waals surface area contributed by atoms with Crippen molar-refractivity contribution in [2.75, 3.05) is 13.2 Å². The molecule has 90 valence electrons. The first-order valence-electron chi connectivity index (χ1n) is 5.84. The lowest BCUT2D eigenvalue weighted by molar-refractivity contribution is 0.173. The summed E-state index contributed by atoms with van der Waals surface area (Å²) >= 11 is 0. The average Bonchev–Trinajstić information content (AvgIpc) is 2.72. The van der Waals surface area contributed by atoms with Gasteiger partial charge in [-0.05, 0) is 12.1 Å². The minimum absolute atomic E-state index is 0.00142. The van der Waals surface area contributed by atoms with Crippen molar-refractivity contribution in [2.24, 2.45) is 0 Å². The molecule has 0 saturated heterocycles. The van der Waals surface area contributed by atoms with Gasteiger partial charge in [-0.1, -0.05) is 20.8 Å². The molecule has 0 atom stereocenters. The second-order valence-electron chi connectivity index (χ2n) is 5.32. The first-order chi connectivity index (χ1) is 8.05. The largest absolute Gasteiger partial charge is 0.486 e. The molecule has 0 bridgehead atoms. The van der Waals surface area contributed by atoms with Crippen molar-refractivity contribution in [2.45, 2.75) is 26.2 Å². The van der Waals surface area contributed by atoms with E-state index in [0.717, 1.165) is 28.4 Å². The molecule has 0 radical (unpaired) electrons. The summed E-state index contributed by atoms with van der Waals surface area (Å²) in [6.07, 6.45) is 0. The van der Waals surface area contributed by atoms with Crippen LogP contribution in [0.5, 0.6) is 11.5 Å². The molecule has 0 saturated carbocycles. The standard InChI is InChI=1S/C13H16N2O2/c1-13(2,3)12-14-8-4-5-9-11(10(8)15-12)17-7-6-16-9/h4-5H,6-7H2,1-3H3,(H,14,15). The highest BCUT2D eigenvalue weighted by Gasteiger charge is 2.22. The van der Waals surface area contributed by atoms with Crippen molar-refractivity contribution >= 4 is 11.0 Å². The lowest BCUT2D eigenvalue weighted by Crippen LogP contribution is -2.15. The van der Waals surface area contributed by atoms with Crippen molar-refractivity contribution in [3.8, 4) is 11.5 Å². The minimum Gasteiger partial charge on any atom is -0.486 e. The van der Waals surface area contributed by atoms with E-state index in [0.29, 0.717) is 13.2 Å². The topological polar surface area (TPSA) is 47.1 Å². The van der Waals surface area contributed by atoms with Gasteiger partial charge < -0.3 is 14.5 Å². The zero-order valence-corrected chi connectivity index (χ0v) is 10.3. The number of hydrogen-bond donors (Lipinski definition) is 1. The molecule has 1 aliphatic heterocycles. The molecule has 4 heteroatoms. The van der Waals surface area contributed by atoms with Gasteiger partial charge in [-0.25, -0.2) is 4.98 Å². The Morgan fingerprint density at radius 1 is 1.18 bits per heavy atom. The summed E-state index contributed by atoms with van der Waals surface area (Å²) in [6, 6.07) is 3.92. The van der Waals surface area contributed by atoms with Crippen LogP contribution in [0.3, 0.4) is 0 Å². The Kier molecular flexibility index (Phi) is 2.08. The molecule has 2 aromatic rings. The number of fused-ring (bicyclic) bond motifs is 3. The normalized spacial score (nSPS) is 15.2. The van der Waals surface area contributed by atoms with Gasteiger partial charge in [-0.15, -0.1) is 0 Å². The highest BCUT2D eigenvalue weighted by atomic mass is 16.6. The molecule has 4 nitrogen and oxygen atoms in total. The van der Waals surface area contributed by atoms with Crippen molar-refractivity contribution in [3.05, 3.63) is 18.0 Å². The maximum Gasteiger partial charge on any atom is 0.189 e. The third-order valence-corrected chi connectivity index (χ3v) is 2.87. The second kappa shape index (κ2) is 3.39. The Hall–Kier alpha value is -1.71. The number of nitrogens with zero attached hydrogens (tertiary/aromatic N) is 1. The van der Waals surface area contributed by atoms with Crippen molar-refractivity contribution < 1.29 is 9.47 Å². The molecule has 2 heterocycles. The lowest BCUT2D eigenvalue weighted by atomic mass is 9.96. The van der Waals surface area contributed by atoms with Gasteiger partial charge in [0.1, 0.15) is 24.6 Å². The molecule has 1 N–H and O–H groups in total. The monoisotopic (exact) mass is 232 g/mol. The molecular formula is C13H16N2O2. The summed E-state index contributed by atoms with van der Waals surface area (Å²) in [5.74, 6) is 2.52. The number of aromatic nitrogens is 2. The number of H-pyrrole nitrogens is 1. The first kappa shape index (κ1) is 10.4. The van der Waals surface area contributed by atoms with Gasteiger partial charge in [0, 0.05) is 5.41 Å². The van der Waals surface area contributed by atoms with Gasteiger partial charge in [0.25, 0.3) is 0 Å². The summed E-state index contributed by atoms with van der Waals surface area (Å²) in [5.41, 5.74) is 1.87. The molecule has 17 heavy (non-hydrogen) atoms. The first-order valence-corrected chi connectivity index (χ1v) is 5.84. The lowest BCUT2D eigenvalue weighted by Gasteiger charge is -2.18. The van der Waals surface area contributed by atoms with Crippen LogP contribution in [0.2, 0.25) is 0 Å². The van der Waals surface area contributed by atoms with Crippen molar-refractivity contribution in [1.82, 2.24) is 9.97 Å². The third-order valence-electron chi connectivity index (χ3n) is 2.87. The van der Waals surface area contributed by atoms with E-state index in [9.17, 15) is 0 Å². The fourth-order valence-corrected chi connectivity index (χ4v) is 1.94. The smallest absolute Gasteiger partial charge is 0.189 e. The molecule has 0 spiro atoms. The van der Waals surface area contributed by atoms with Crippen LogP contribution < -0.4 is 9.47 Å². The molecule has 0 amide bonds. The SMILES string of the molecule is CC(C)(C)c1nc2c3c(ccc2[nH]1)OCCO3. The maximum atomic E-state index is 5.66. The van der Waals surface area contributed by atoms with E-state index in [4.69, 9.17) is 9.47 Å². The van der Waals surface area contributed by atoms with E-state index in [1.807, 2.05) is 12.1 Å². The van der Waals surface area contributed by atoms with Crippen LogP contribution in [0, 0.1) is 0 Å². The van der Waals surface area contributed by atoms with Crippen molar-refractivity contribution in [1.29, 1.82) is 0 Å². The summed E-state index contributed by atoms with van der Waals surface area (Å²) in [4.78, 5) is 7.98. The number of imidazole rings is 1. The third kappa shape index (κ3) is 1.64. The number of benzene rings is 1. The zero-order chi connectivity index (χ0) is 12.0. The summed E-state index contributed by atoms with van der Waals surface area (Å²) in [5, 5.41) is 0. The van der Waals surface area contributed by atoms with Crippen LogP contribution >= 0.6 is 0 Å². The molecule has 1 aromatic carbocycles. The van der Waals surface area contributed by atoms with Crippen molar-refractivity contribution in [3.63, 3.8) is 0 Å². The molecule has 3 rings (SSSR count). The predicted octanol–water partition coefficient (Wildman–Crippen LogP) is 2.63. The summed E-state index contributed by atoms with van der Waals surface area (Å²) < 4.78 is 11.2. The molecular weight excluding hydrogens is 216 g/mol. The number of ether oxygens (including phenoxy) is 2. The molecule has 0 unspecified atom stereocenters. The zero-order valence-electron chi connectivity index (χ0n) is 10.3. The number of nitrogens with one attached hydrogen (secondary N) is 1. The van der Waals surface area contributed by atoms with Gasteiger partial charge in [0.05, 0.1) is 5.52 Å². The van der Waals surface area contributed by atoms with Gasteiger partial charge in [0.15, 0.2) is 11.5 Å². The van der Waals surface area contributed by atoms with Gasteiger partial charge >= 0.3 is 0 Å². The van der Waals surface area contributed by atoms with Gasteiger partial charge in [-0.2, -0.15) is 0 Å². The average molecular weight is 232 g/mol. The second-order valence-corrected chi connectivity index (χ2v) is 5.32. The quantitative estimate of drug-likeness (QED) is 0.759. The number of hydrogen-bond acceptors (Lipinski definition) is 3. The van der Waals surface area contributed by atoms with Crippen LogP contribution in [0.1, 0.15) is 26.6 Å². The minimum atomic E-state index is 0.00142. The Morgan fingerprint density at radius 2 is 1.94 bits per heavy atom. The number of aromatic amines is 1. The van der Waals surface area contributed by atoms with Crippen LogP contribution in [-0.2, 0) is 5.41 Å². The van der Waals surface area contributed by atoms with E-state index in [1.54, 1.807) is 0 Å². The van der Waals surface area contributed by atoms with Crippen LogP contribution in [0.4, 0.5) is 0 Å². The highest BCUT2D eigenvalue weighted by Crippen LogP contribution is 2.37. The summed E-state index contributed by atoms with van der Waals surface area (Å²) in [6.45, 7) is 7.59. The Labute approximate surface area is 100.0 Å². The molecule has 0 aliphatic carbocycles.